The smallest absolute Gasteiger partial charge is 0.305 e. The lowest BCUT2D eigenvalue weighted by atomic mass is 9.68. The van der Waals surface area contributed by atoms with Crippen LogP contribution in [0.4, 0.5) is 11.4 Å². The van der Waals surface area contributed by atoms with Gasteiger partial charge in [0.15, 0.2) is 0 Å². The molecule has 2 heterocycles. The van der Waals surface area contributed by atoms with E-state index in [4.69, 9.17) is 4.74 Å². The predicted molar refractivity (Wildman–Crippen MR) is 142 cm³/mol. The van der Waals surface area contributed by atoms with Crippen LogP contribution in [-0.2, 0) is 37.5 Å². The molecular formula is C28H34ClN3O4. The second kappa shape index (κ2) is 12.3. The van der Waals surface area contributed by atoms with E-state index in [-0.39, 0.29) is 49.8 Å². The molecule has 0 saturated carbocycles. The second-order valence-corrected chi connectivity index (χ2v) is 9.22. The molecule has 2 aromatic rings. The minimum absolute atomic E-state index is 0. The molecule has 2 aliphatic heterocycles. The van der Waals surface area contributed by atoms with Gasteiger partial charge in [0.1, 0.15) is 0 Å². The van der Waals surface area contributed by atoms with Crippen LogP contribution >= 0.6 is 12.4 Å². The van der Waals surface area contributed by atoms with E-state index < -0.39 is 5.41 Å². The summed E-state index contributed by atoms with van der Waals surface area (Å²) in [5.74, 6) is -0.378. The van der Waals surface area contributed by atoms with Crippen molar-refractivity contribution in [3.63, 3.8) is 0 Å². The molecule has 2 aromatic carbocycles. The monoisotopic (exact) mass is 511 g/mol. The van der Waals surface area contributed by atoms with Gasteiger partial charge in [-0.2, -0.15) is 4.99 Å². The molecule has 192 valence electrons. The van der Waals surface area contributed by atoms with E-state index in [1.54, 1.807) is 19.1 Å². The standard InChI is InChI=1S/C28H33N3O4.ClH/c1-3-5-8-16-31-23-13-9-12-22(30-19-32)26(23)28(27(31)34,15-14-25(33)35-4-2)24-17-20-10-6-7-11-21(20)18-29-24;/h6-7,9-13,24,29H,3-5,8,14-18H2,1-2H3;1H. The Morgan fingerprint density at radius 1 is 1.17 bits per heavy atom. The number of fused-ring (bicyclic) bond motifs is 2. The summed E-state index contributed by atoms with van der Waals surface area (Å²) in [6, 6.07) is 13.4. The molecule has 2 aliphatic rings. The number of carbonyl (C=O) groups excluding carboxylic acids is 3. The SMILES string of the molecule is CCCCCN1C(=O)C(CCC(=O)OCC)(C2Cc3ccccc3CN2)c2c(N=C=O)cccc21.Cl. The molecule has 2 atom stereocenters. The number of benzene rings is 2. The van der Waals surface area contributed by atoms with Crippen molar-refractivity contribution in [3.05, 3.63) is 59.2 Å². The van der Waals surface area contributed by atoms with Crippen LogP contribution in [0, 0.1) is 0 Å². The summed E-state index contributed by atoms with van der Waals surface area (Å²) < 4.78 is 5.23. The molecule has 0 radical (unpaired) electrons. The minimum Gasteiger partial charge on any atom is -0.466 e. The highest BCUT2D eigenvalue weighted by Gasteiger charge is 2.57. The lowest BCUT2D eigenvalue weighted by Crippen LogP contribution is -2.57. The van der Waals surface area contributed by atoms with Crippen molar-refractivity contribution in [1.29, 1.82) is 0 Å². The van der Waals surface area contributed by atoms with Gasteiger partial charge in [-0.25, -0.2) is 4.79 Å². The average molecular weight is 512 g/mol. The number of isocyanates is 1. The van der Waals surface area contributed by atoms with E-state index in [1.807, 2.05) is 29.2 Å². The molecule has 0 saturated heterocycles. The summed E-state index contributed by atoms with van der Waals surface area (Å²) in [7, 11) is 0. The van der Waals surface area contributed by atoms with Crippen molar-refractivity contribution >= 4 is 41.7 Å². The van der Waals surface area contributed by atoms with Gasteiger partial charge in [-0.3, -0.25) is 9.59 Å². The van der Waals surface area contributed by atoms with Crippen LogP contribution in [0.3, 0.4) is 0 Å². The van der Waals surface area contributed by atoms with Gasteiger partial charge in [-0.05, 0) is 49.4 Å². The van der Waals surface area contributed by atoms with Gasteiger partial charge >= 0.3 is 5.97 Å². The zero-order chi connectivity index (χ0) is 24.8. The fourth-order valence-electron chi connectivity index (χ4n) is 5.62. The van der Waals surface area contributed by atoms with E-state index in [0.29, 0.717) is 30.8 Å². The number of nitrogens with zero attached hydrogens (tertiary/aromatic N) is 2. The molecule has 0 aromatic heterocycles. The van der Waals surface area contributed by atoms with Crippen molar-refractivity contribution in [2.45, 2.75) is 70.4 Å². The molecule has 8 heteroatoms. The van der Waals surface area contributed by atoms with E-state index in [9.17, 15) is 14.4 Å². The molecule has 0 spiro atoms. The zero-order valence-corrected chi connectivity index (χ0v) is 21.7. The highest BCUT2D eigenvalue weighted by atomic mass is 35.5. The first kappa shape index (κ1) is 27.6. The lowest BCUT2D eigenvalue weighted by molar-refractivity contribution is -0.143. The van der Waals surface area contributed by atoms with Gasteiger partial charge in [0.25, 0.3) is 0 Å². The van der Waals surface area contributed by atoms with Gasteiger partial charge in [0.2, 0.25) is 12.0 Å². The van der Waals surface area contributed by atoms with E-state index in [1.165, 1.54) is 11.1 Å². The number of ether oxygens (including phenoxy) is 1. The Kier molecular flexibility index (Phi) is 9.43. The lowest BCUT2D eigenvalue weighted by Gasteiger charge is -2.40. The molecule has 0 bridgehead atoms. The summed E-state index contributed by atoms with van der Waals surface area (Å²) in [5, 5.41) is 3.60. The number of carbonyl (C=O) groups is 2. The third kappa shape index (κ3) is 5.10. The Labute approximate surface area is 218 Å². The van der Waals surface area contributed by atoms with Crippen LogP contribution < -0.4 is 10.2 Å². The van der Waals surface area contributed by atoms with Crippen LogP contribution in [0.25, 0.3) is 0 Å². The number of aliphatic imine (C=N–C) groups is 1. The van der Waals surface area contributed by atoms with Gasteiger partial charge in [-0.15, -0.1) is 12.4 Å². The van der Waals surface area contributed by atoms with Crippen LogP contribution in [-0.4, -0.2) is 37.1 Å². The van der Waals surface area contributed by atoms with Crippen molar-refractivity contribution in [2.24, 2.45) is 4.99 Å². The van der Waals surface area contributed by atoms with E-state index >= 15 is 0 Å². The molecular weight excluding hydrogens is 478 g/mol. The molecule has 0 fully saturated rings. The Hall–Kier alpha value is -2.99. The Morgan fingerprint density at radius 2 is 1.94 bits per heavy atom. The molecule has 4 rings (SSSR count). The van der Waals surface area contributed by atoms with Crippen molar-refractivity contribution in [1.82, 2.24) is 5.32 Å². The zero-order valence-electron chi connectivity index (χ0n) is 20.9. The summed E-state index contributed by atoms with van der Waals surface area (Å²) in [6.45, 7) is 5.40. The minimum atomic E-state index is -1.06. The van der Waals surface area contributed by atoms with Crippen LogP contribution in [0.2, 0.25) is 0 Å². The molecule has 1 N–H and O–H groups in total. The number of hydrogen-bond donors (Lipinski definition) is 1. The summed E-state index contributed by atoms with van der Waals surface area (Å²) in [4.78, 5) is 44.1. The number of nitrogens with one attached hydrogen (secondary N) is 1. The maximum absolute atomic E-state index is 14.4. The normalized spacial score (nSPS) is 20.1. The first-order chi connectivity index (χ1) is 17.1. The Morgan fingerprint density at radius 3 is 2.67 bits per heavy atom. The third-order valence-corrected chi connectivity index (χ3v) is 7.24. The number of halogens is 1. The molecule has 7 nitrogen and oxygen atoms in total. The number of unbranched alkanes of at least 4 members (excludes halogenated alkanes) is 2. The quantitative estimate of drug-likeness (QED) is 0.212. The van der Waals surface area contributed by atoms with Gasteiger partial charge in [0, 0.05) is 31.1 Å². The van der Waals surface area contributed by atoms with Crippen molar-refractivity contribution in [3.8, 4) is 0 Å². The molecule has 2 unspecified atom stereocenters. The number of rotatable bonds is 10. The molecule has 0 aliphatic carbocycles. The summed E-state index contributed by atoms with van der Waals surface area (Å²) in [5.41, 5.74) is 3.25. The number of anilines is 1. The summed E-state index contributed by atoms with van der Waals surface area (Å²) >= 11 is 0. The topological polar surface area (TPSA) is 88.1 Å². The van der Waals surface area contributed by atoms with E-state index in [0.717, 1.165) is 24.9 Å². The van der Waals surface area contributed by atoms with E-state index in [2.05, 4.69) is 29.4 Å². The average Bonchev–Trinajstić information content (AvgIpc) is 3.12. The highest BCUT2D eigenvalue weighted by molar-refractivity contribution is 6.10. The first-order valence-corrected chi connectivity index (χ1v) is 12.6. The first-order valence-electron chi connectivity index (χ1n) is 12.6. The maximum Gasteiger partial charge on any atom is 0.305 e. The highest BCUT2D eigenvalue weighted by Crippen LogP contribution is 2.52. The van der Waals surface area contributed by atoms with Crippen LogP contribution in [0.1, 0.15) is 62.6 Å². The number of hydrogen-bond acceptors (Lipinski definition) is 6. The van der Waals surface area contributed by atoms with Gasteiger partial charge < -0.3 is 15.0 Å². The third-order valence-electron chi connectivity index (χ3n) is 7.24. The second-order valence-electron chi connectivity index (χ2n) is 9.22. The Balaban J connectivity index is 0.00000361. The van der Waals surface area contributed by atoms with Crippen LogP contribution in [0.5, 0.6) is 0 Å². The fraction of sp³-hybridized carbons (Fsp3) is 0.464. The maximum atomic E-state index is 14.4. The van der Waals surface area contributed by atoms with Crippen molar-refractivity contribution < 1.29 is 19.1 Å². The number of amides is 1. The fourth-order valence-corrected chi connectivity index (χ4v) is 5.62. The molecule has 1 amide bonds. The predicted octanol–water partition coefficient (Wildman–Crippen LogP) is 4.91. The van der Waals surface area contributed by atoms with Gasteiger partial charge in [0.05, 0.1) is 23.4 Å². The largest absolute Gasteiger partial charge is 0.466 e. The summed E-state index contributed by atoms with van der Waals surface area (Å²) in [6.07, 6.45) is 5.59. The van der Waals surface area contributed by atoms with Crippen molar-refractivity contribution in [2.75, 3.05) is 18.1 Å². The number of esters is 1. The molecule has 36 heavy (non-hydrogen) atoms. The van der Waals surface area contributed by atoms with Crippen LogP contribution in [0.15, 0.2) is 47.5 Å². The Bertz CT molecular complexity index is 1150. The van der Waals surface area contributed by atoms with Gasteiger partial charge in [-0.1, -0.05) is 50.1 Å².